The van der Waals surface area contributed by atoms with E-state index in [1.54, 1.807) is 0 Å². The number of likely N-dealkylation sites (N-methyl/N-ethyl adjacent to an activating group) is 1. The predicted molar refractivity (Wildman–Crippen MR) is 88.5 cm³/mol. The second kappa shape index (κ2) is 5.22. The van der Waals surface area contributed by atoms with Crippen molar-refractivity contribution < 1.29 is 9.53 Å². The summed E-state index contributed by atoms with van der Waals surface area (Å²) in [5.74, 6) is 1.61. The highest BCUT2D eigenvalue weighted by Crippen LogP contribution is 2.69. The van der Waals surface area contributed by atoms with E-state index in [-0.39, 0.29) is 11.4 Å². The van der Waals surface area contributed by atoms with Crippen LogP contribution in [-0.4, -0.2) is 38.1 Å². The van der Waals surface area contributed by atoms with Gasteiger partial charge in [-0.2, -0.15) is 0 Å². The number of esters is 1. The molecule has 0 heterocycles. The minimum Gasteiger partial charge on any atom is -0.464 e. The second-order valence-corrected chi connectivity index (χ2v) is 9.66. The summed E-state index contributed by atoms with van der Waals surface area (Å²) in [6.07, 6.45) is 7.08. The Balaban J connectivity index is 1.79. The number of ether oxygens (including phenoxy) is 1. The predicted octanol–water partition coefficient (Wildman–Crippen LogP) is 3.72. The van der Waals surface area contributed by atoms with Gasteiger partial charge in [-0.1, -0.05) is 20.8 Å². The van der Waals surface area contributed by atoms with Gasteiger partial charge in [-0.25, -0.2) is 0 Å². The van der Waals surface area contributed by atoms with Crippen molar-refractivity contribution in [3.8, 4) is 0 Å². The normalized spacial score (nSPS) is 46.8. The van der Waals surface area contributed by atoms with Gasteiger partial charge < -0.3 is 9.64 Å². The van der Waals surface area contributed by atoms with Crippen molar-refractivity contribution in [3.63, 3.8) is 0 Å². The Hall–Kier alpha value is -0.570. The molecule has 5 atom stereocenters. The van der Waals surface area contributed by atoms with Crippen LogP contribution in [-0.2, 0) is 9.53 Å². The van der Waals surface area contributed by atoms with E-state index in [0.717, 1.165) is 37.6 Å². The van der Waals surface area contributed by atoms with Gasteiger partial charge in [0.05, 0.1) is 5.41 Å². The quantitative estimate of drug-likeness (QED) is 0.741. The van der Waals surface area contributed by atoms with Crippen LogP contribution in [0.5, 0.6) is 0 Å². The standard InChI is InChI=1S/C19H33NO2/c1-14-8-17(2)10-15-11-19(12-17,13-18(15,3)9-14)16(21)22-7-6-20(4)5/h14-15H,6-13H2,1-5H3. The Labute approximate surface area is 135 Å². The highest BCUT2D eigenvalue weighted by molar-refractivity contribution is 5.78. The van der Waals surface area contributed by atoms with E-state index in [2.05, 4.69) is 25.7 Å². The maximum absolute atomic E-state index is 12.9. The van der Waals surface area contributed by atoms with Crippen molar-refractivity contribution >= 4 is 5.97 Å². The molecule has 3 rings (SSSR count). The van der Waals surface area contributed by atoms with E-state index in [9.17, 15) is 4.79 Å². The molecule has 0 spiro atoms. The van der Waals surface area contributed by atoms with Crippen LogP contribution >= 0.6 is 0 Å². The van der Waals surface area contributed by atoms with Crippen molar-refractivity contribution in [1.29, 1.82) is 0 Å². The Kier molecular flexibility index (Phi) is 3.87. The molecule has 0 aromatic carbocycles. The molecule has 0 aliphatic heterocycles. The fourth-order valence-electron chi connectivity index (χ4n) is 6.45. The lowest BCUT2D eigenvalue weighted by Gasteiger charge is -2.43. The highest BCUT2D eigenvalue weighted by Gasteiger charge is 2.64. The Morgan fingerprint density at radius 1 is 1.14 bits per heavy atom. The summed E-state index contributed by atoms with van der Waals surface area (Å²) in [5, 5.41) is 0. The minimum atomic E-state index is -0.182. The molecule has 3 aliphatic carbocycles. The first kappa shape index (κ1) is 16.3. The van der Waals surface area contributed by atoms with E-state index in [0.29, 0.717) is 17.4 Å². The van der Waals surface area contributed by atoms with Gasteiger partial charge in [-0.05, 0) is 75.3 Å². The van der Waals surface area contributed by atoms with Crippen LogP contribution in [0.4, 0.5) is 0 Å². The zero-order valence-corrected chi connectivity index (χ0v) is 15.1. The number of carbonyl (C=O) groups excluding carboxylic acids is 1. The van der Waals surface area contributed by atoms with Crippen molar-refractivity contribution in [2.24, 2.45) is 28.1 Å². The third-order valence-electron chi connectivity index (χ3n) is 6.73. The zero-order valence-electron chi connectivity index (χ0n) is 15.1. The van der Waals surface area contributed by atoms with E-state index < -0.39 is 0 Å². The van der Waals surface area contributed by atoms with E-state index in [1.165, 1.54) is 19.3 Å². The van der Waals surface area contributed by atoms with Crippen LogP contribution < -0.4 is 0 Å². The molecule has 3 bridgehead atoms. The van der Waals surface area contributed by atoms with Gasteiger partial charge in [0.15, 0.2) is 0 Å². The molecular formula is C19H33NO2. The van der Waals surface area contributed by atoms with Crippen LogP contribution in [0.1, 0.15) is 59.3 Å². The summed E-state index contributed by atoms with van der Waals surface area (Å²) in [6, 6.07) is 0. The molecule has 22 heavy (non-hydrogen) atoms. The molecule has 0 aromatic rings. The molecule has 3 nitrogen and oxygen atoms in total. The van der Waals surface area contributed by atoms with E-state index in [1.807, 2.05) is 14.1 Å². The summed E-state index contributed by atoms with van der Waals surface area (Å²) in [4.78, 5) is 15.0. The molecule has 126 valence electrons. The van der Waals surface area contributed by atoms with Gasteiger partial charge in [0.1, 0.15) is 6.61 Å². The maximum atomic E-state index is 12.9. The van der Waals surface area contributed by atoms with Crippen molar-refractivity contribution in [1.82, 2.24) is 4.90 Å². The van der Waals surface area contributed by atoms with Crippen LogP contribution in [0.2, 0.25) is 0 Å². The van der Waals surface area contributed by atoms with Crippen molar-refractivity contribution in [2.75, 3.05) is 27.2 Å². The molecule has 3 heteroatoms. The van der Waals surface area contributed by atoms with Gasteiger partial charge in [0.25, 0.3) is 0 Å². The third kappa shape index (κ3) is 2.70. The fraction of sp³-hybridized carbons (Fsp3) is 0.947. The first-order valence-corrected chi connectivity index (χ1v) is 8.99. The fourth-order valence-corrected chi connectivity index (χ4v) is 6.45. The Bertz CT molecular complexity index is 458. The smallest absolute Gasteiger partial charge is 0.312 e. The Morgan fingerprint density at radius 2 is 1.86 bits per heavy atom. The van der Waals surface area contributed by atoms with Gasteiger partial charge >= 0.3 is 5.97 Å². The average molecular weight is 307 g/mol. The highest BCUT2D eigenvalue weighted by atomic mass is 16.5. The number of rotatable bonds is 4. The monoisotopic (exact) mass is 307 g/mol. The third-order valence-corrected chi connectivity index (χ3v) is 6.73. The van der Waals surface area contributed by atoms with Crippen LogP contribution in [0.15, 0.2) is 0 Å². The molecule has 0 saturated heterocycles. The zero-order chi connectivity index (χ0) is 16.2. The van der Waals surface area contributed by atoms with E-state index in [4.69, 9.17) is 4.74 Å². The van der Waals surface area contributed by atoms with Gasteiger partial charge in [-0.15, -0.1) is 0 Å². The number of fused-ring (bicyclic) bond motifs is 2. The van der Waals surface area contributed by atoms with Gasteiger partial charge in [0, 0.05) is 6.54 Å². The number of hydrogen-bond donors (Lipinski definition) is 0. The van der Waals surface area contributed by atoms with E-state index >= 15 is 0 Å². The maximum Gasteiger partial charge on any atom is 0.312 e. The lowest BCUT2D eigenvalue weighted by molar-refractivity contribution is -0.161. The summed E-state index contributed by atoms with van der Waals surface area (Å²) in [6.45, 7) is 8.63. The van der Waals surface area contributed by atoms with Crippen LogP contribution in [0.3, 0.4) is 0 Å². The van der Waals surface area contributed by atoms with Gasteiger partial charge in [0.2, 0.25) is 0 Å². The number of carbonyl (C=O) groups is 1. The lowest BCUT2D eigenvalue weighted by atomic mass is 9.61. The summed E-state index contributed by atoms with van der Waals surface area (Å²) >= 11 is 0. The lowest BCUT2D eigenvalue weighted by Crippen LogP contribution is -2.41. The first-order chi connectivity index (χ1) is 10.2. The molecule has 0 amide bonds. The first-order valence-electron chi connectivity index (χ1n) is 8.99. The second-order valence-electron chi connectivity index (χ2n) is 9.66. The number of nitrogens with zero attached hydrogens (tertiary/aromatic N) is 1. The Morgan fingerprint density at radius 3 is 2.55 bits per heavy atom. The topological polar surface area (TPSA) is 29.5 Å². The minimum absolute atomic E-state index is 0.101. The molecule has 3 fully saturated rings. The summed E-state index contributed by atoms with van der Waals surface area (Å²) in [5.41, 5.74) is 0.518. The number of hydrogen-bond acceptors (Lipinski definition) is 3. The summed E-state index contributed by atoms with van der Waals surface area (Å²) in [7, 11) is 4.04. The average Bonchev–Trinajstić information content (AvgIpc) is 2.51. The molecular weight excluding hydrogens is 274 g/mol. The molecule has 3 saturated carbocycles. The molecule has 5 unspecified atom stereocenters. The molecule has 0 aromatic heterocycles. The van der Waals surface area contributed by atoms with Crippen molar-refractivity contribution in [2.45, 2.75) is 59.3 Å². The van der Waals surface area contributed by atoms with Crippen molar-refractivity contribution in [3.05, 3.63) is 0 Å². The largest absolute Gasteiger partial charge is 0.464 e. The SMILES string of the molecule is CC1CC2(C)CC3CC(C(=O)OCCN(C)C)(C2)CC3(C)C1. The molecule has 0 radical (unpaired) electrons. The van der Waals surface area contributed by atoms with Gasteiger partial charge in [-0.3, -0.25) is 4.79 Å². The van der Waals surface area contributed by atoms with Crippen LogP contribution in [0.25, 0.3) is 0 Å². The summed E-state index contributed by atoms with van der Waals surface area (Å²) < 4.78 is 5.71. The van der Waals surface area contributed by atoms with Crippen LogP contribution in [0, 0.1) is 28.1 Å². The molecule has 3 aliphatic rings. The molecule has 0 N–H and O–H groups in total.